The van der Waals surface area contributed by atoms with Crippen LogP contribution in [-0.2, 0) is 23.7 Å². The second kappa shape index (κ2) is 9.24. The van der Waals surface area contributed by atoms with Crippen molar-refractivity contribution in [2.75, 3.05) is 28.4 Å². The third-order valence-electron chi connectivity index (χ3n) is 5.21. The van der Waals surface area contributed by atoms with E-state index in [1.807, 2.05) is 72.8 Å². The molecule has 2 aromatic rings. The summed E-state index contributed by atoms with van der Waals surface area (Å²) in [6, 6.07) is 21.4. The van der Waals surface area contributed by atoms with Gasteiger partial charge in [0.2, 0.25) is 0 Å². The van der Waals surface area contributed by atoms with Gasteiger partial charge in [-0.15, -0.1) is 0 Å². The molecule has 3 rings (SSSR count). The van der Waals surface area contributed by atoms with Crippen molar-refractivity contribution in [3.8, 4) is 6.07 Å². The number of ether oxygens (including phenoxy) is 5. The quantitative estimate of drug-likeness (QED) is 0.640. The van der Waals surface area contributed by atoms with Gasteiger partial charge in [0.1, 0.15) is 5.76 Å². The Hall–Kier alpha value is -2.95. The number of nitriles is 1. The van der Waals surface area contributed by atoms with Crippen LogP contribution in [0.2, 0.25) is 0 Å². The van der Waals surface area contributed by atoms with Gasteiger partial charge < -0.3 is 23.7 Å². The van der Waals surface area contributed by atoms with Gasteiger partial charge >= 0.3 is 5.97 Å². The Morgan fingerprint density at radius 1 is 0.867 bits per heavy atom. The average molecular weight is 407 g/mol. The Morgan fingerprint density at radius 2 is 1.43 bits per heavy atom. The van der Waals surface area contributed by atoms with Crippen LogP contribution < -0.4 is 0 Å². The highest BCUT2D eigenvalue weighted by atomic mass is 16.9. The first-order valence-corrected chi connectivity index (χ1v) is 9.44. The van der Waals surface area contributed by atoms with Crippen LogP contribution in [0.3, 0.4) is 0 Å². The number of rotatable bonds is 7. The van der Waals surface area contributed by atoms with E-state index in [1.165, 1.54) is 28.4 Å². The number of methoxy groups -OCH3 is 4. The van der Waals surface area contributed by atoms with Crippen LogP contribution in [0.5, 0.6) is 0 Å². The van der Waals surface area contributed by atoms with Crippen molar-refractivity contribution in [2.24, 2.45) is 5.92 Å². The molecule has 1 aliphatic heterocycles. The summed E-state index contributed by atoms with van der Waals surface area (Å²) in [5.41, 5.74) is 2.01. The van der Waals surface area contributed by atoms with Crippen molar-refractivity contribution in [1.82, 2.24) is 0 Å². The van der Waals surface area contributed by atoms with Gasteiger partial charge in [-0.1, -0.05) is 72.8 Å². The molecule has 0 aliphatic carbocycles. The molecule has 156 valence electrons. The molecule has 0 aromatic heterocycles. The summed E-state index contributed by atoms with van der Waals surface area (Å²) in [5.74, 6) is -3.69. The Kier molecular flexibility index (Phi) is 6.70. The van der Waals surface area contributed by atoms with Gasteiger partial charge in [-0.25, -0.2) is 0 Å². The van der Waals surface area contributed by atoms with Crippen LogP contribution in [-0.4, -0.2) is 40.2 Å². The monoisotopic (exact) mass is 407 g/mol. The van der Waals surface area contributed by atoms with Gasteiger partial charge in [0.15, 0.2) is 0 Å². The minimum atomic E-state index is -1.76. The molecule has 1 aliphatic rings. The van der Waals surface area contributed by atoms with Gasteiger partial charge in [-0.2, -0.15) is 5.26 Å². The lowest BCUT2D eigenvalue weighted by molar-refractivity contribution is -0.476. The summed E-state index contributed by atoms with van der Waals surface area (Å²) in [7, 11) is 5.81. The standard InChI is InChI=1S/C24H25NO5/c1-26-23(27-2)21(16-15-18-11-7-5-8-12-18)20(17-25)22(19-13-9-6-10-14-19)30-24(23,28-3)29-4/h5-16,21H,1-4H3/b16-15-. The van der Waals surface area contributed by atoms with Gasteiger partial charge in [0.25, 0.3) is 5.79 Å². The Morgan fingerprint density at radius 3 is 1.93 bits per heavy atom. The van der Waals surface area contributed by atoms with Crippen LogP contribution in [0.4, 0.5) is 0 Å². The van der Waals surface area contributed by atoms with Crippen LogP contribution in [0.1, 0.15) is 11.1 Å². The molecule has 1 heterocycles. The van der Waals surface area contributed by atoms with Crippen molar-refractivity contribution in [2.45, 2.75) is 11.8 Å². The fourth-order valence-electron chi connectivity index (χ4n) is 3.74. The molecule has 0 saturated heterocycles. The molecule has 0 spiro atoms. The van der Waals surface area contributed by atoms with Gasteiger partial charge in [0.05, 0.1) is 17.6 Å². The van der Waals surface area contributed by atoms with E-state index in [0.29, 0.717) is 16.9 Å². The second-order valence-corrected chi connectivity index (χ2v) is 6.61. The number of benzene rings is 2. The number of hydrogen-bond donors (Lipinski definition) is 0. The van der Waals surface area contributed by atoms with E-state index in [9.17, 15) is 5.26 Å². The van der Waals surface area contributed by atoms with Crippen molar-refractivity contribution < 1.29 is 23.7 Å². The van der Waals surface area contributed by atoms with E-state index in [1.54, 1.807) is 0 Å². The molecule has 0 saturated carbocycles. The maximum absolute atomic E-state index is 10.1. The lowest BCUT2D eigenvalue weighted by Crippen LogP contribution is -2.66. The van der Waals surface area contributed by atoms with Crippen molar-refractivity contribution in [3.63, 3.8) is 0 Å². The molecule has 6 heteroatoms. The fourth-order valence-corrected chi connectivity index (χ4v) is 3.74. The van der Waals surface area contributed by atoms with Gasteiger partial charge in [-0.3, -0.25) is 0 Å². The largest absolute Gasteiger partial charge is 0.433 e. The molecule has 0 radical (unpaired) electrons. The molecule has 1 atom stereocenters. The molecule has 6 nitrogen and oxygen atoms in total. The van der Waals surface area contributed by atoms with E-state index in [0.717, 1.165) is 5.56 Å². The highest BCUT2D eigenvalue weighted by molar-refractivity contribution is 5.70. The molecule has 0 fully saturated rings. The van der Waals surface area contributed by atoms with E-state index in [-0.39, 0.29) is 0 Å². The summed E-state index contributed by atoms with van der Waals surface area (Å²) in [5, 5.41) is 10.1. The summed E-state index contributed by atoms with van der Waals surface area (Å²) in [4.78, 5) is 0. The molecule has 0 bridgehead atoms. The van der Waals surface area contributed by atoms with Crippen LogP contribution in [0.25, 0.3) is 11.8 Å². The minimum absolute atomic E-state index is 0.335. The highest BCUT2D eigenvalue weighted by Gasteiger charge is 2.66. The van der Waals surface area contributed by atoms with Crippen molar-refractivity contribution in [1.29, 1.82) is 5.26 Å². The Balaban J connectivity index is 2.27. The molecular formula is C24H25NO5. The van der Waals surface area contributed by atoms with E-state index >= 15 is 0 Å². The summed E-state index contributed by atoms with van der Waals surface area (Å²) in [6.45, 7) is 0. The Bertz CT molecular complexity index is 939. The highest BCUT2D eigenvalue weighted by Crippen LogP contribution is 2.50. The maximum atomic E-state index is 10.1. The zero-order valence-corrected chi connectivity index (χ0v) is 17.5. The second-order valence-electron chi connectivity index (χ2n) is 6.61. The van der Waals surface area contributed by atoms with Crippen LogP contribution in [0, 0.1) is 17.2 Å². The predicted molar refractivity (Wildman–Crippen MR) is 113 cm³/mol. The zero-order chi connectivity index (χ0) is 21.6. The van der Waals surface area contributed by atoms with Crippen LogP contribution in [0.15, 0.2) is 72.3 Å². The normalized spacial score (nSPS) is 20.0. The van der Waals surface area contributed by atoms with E-state index in [2.05, 4.69) is 6.07 Å². The maximum Gasteiger partial charge on any atom is 0.385 e. The summed E-state index contributed by atoms with van der Waals surface area (Å²) >= 11 is 0. The van der Waals surface area contributed by atoms with E-state index < -0.39 is 17.7 Å². The lowest BCUT2D eigenvalue weighted by atomic mass is 9.83. The molecule has 2 aromatic carbocycles. The van der Waals surface area contributed by atoms with Gasteiger partial charge in [-0.05, 0) is 5.56 Å². The number of hydrogen-bond acceptors (Lipinski definition) is 6. The molecular weight excluding hydrogens is 382 g/mol. The first-order valence-electron chi connectivity index (χ1n) is 9.44. The smallest absolute Gasteiger partial charge is 0.385 e. The Labute approximate surface area is 176 Å². The fraction of sp³-hybridized carbons (Fsp3) is 0.292. The lowest BCUT2D eigenvalue weighted by Gasteiger charge is -2.50. The average Bonchev–Trinajstić information content (AvgIpc) is 2.82. The van der Waals surface area contributed by atoms with Crippen molar-refractivity contribution in [3.05, 3.63) is 83.4 Å². The SMILES string of the molecule is COC1(OC)OC(c2ccccc2)=C(C#N)C(/C=C\c2ccccc2)C1(OC)OC. The molecule has 30 heavy (non-hydrogen) atoms. The minimum Gasteiger partial charge on any atom is -0.433 e. The molecule has 0 N–H and O–H groups in total. The topological polar surface area (TPSA) is 69.9 Å². The van der Waals surface area contributed by atoms with E-state index in [4.69, 9.17) is 23.7 Å². The third kappa shape index (κ3) is 3.53. The third-order valence-corrected chi connectivity index (χ3v) is 5.21. The first-order chi connectivity index (χ1) is 14.6. The van der Waals surface area contributed by atoms with Gasteiger partial charge in [0, 0.05) is 34.0 Å². The molecule has 0 amide bonds. The number of nitrogens with zero attached hydrogens (tertiary/aromatic N) is 1. The zero-order valence-electron chi connectivity index (χ0n) is 17.5. The molecule has 1 unspecified atom stereocenters. The predicted octanol–water partition coefficient (Wildman–Crippen LogP) is 4.22. The van der Waals surface area contributed by atoms with Crippen molar-refractivity contribution >= 4 is 11.8 Å². The first kappa shape index (κ1) is 21.8. The summed E-state index contributed by atoms with van der Waals surface area (Å²) < 4.78 is 29.2. The van der Waals surface area contributed by atoms with Crippen LogP contribution >= 0.6 is 0 Å². The summed E-state index contributed by atoms with van der Waals surface area (Å²) in [6.07, 6.45) is 3.75.